The second kappa shape index (κ2) is 5.32. The van der Waals surface area contributed by atoms with Crippen LogP contribution >= 0.6 is 22.9 Å². The van der Waals surface area contributed by atoms with Crippen molar-refractivity contribution < 1.29 is 0 Å². The van der Waals surface area contributed by atoms with E-state index < -0.39 is 0 Å². The summed E-state index contributed by atoms with van der Waals surface area (Å²) in [6, 6.07) is 12.6. The summed E-state index contributed by atoms with van der Waals surface area (Å²) in [5, 5.41) is 3.34. The minimum absolute atomic E-state index is 0.521. The van der Waals surface area contributed by atoms with Crippen molar-refractivity contribution in [2.45, 2.75) is 18.8 Å². The maximum atomic E-state index is 6.14. The predicted molar refractivity (Wildman–Crippen MR) is 90.4 cm³/mol. The van der Waals surface area contributed by atoms with Gasteiger partial charge in [-0.15, -0.1) is 22.9 Å². The molecule has 0 N–H and O–H groups in total. The zero-order valence-electron chi connectivity index (χ0n) is 11.6. The second-order valence-corrected chi connectivity index (χ2v) is 6.60. The van der Waals surface area contributed by atoms with Crippen molar-refractivity contribution in [2.24, 2.45) is 0 Å². The first-order valence-corrected chi connectivity index (χ1v) is 8.51. The van der Waals surface area contributed by atoms with Gasteiger partial charge in [-0.05, 0) is 41.1 Å². The fourth-order valence-corrected chi connectivity index (χ4v) is 4.06. The van der Waals surface area contributed by atoms with Crippen LogP contribution in [0.3, 0.4) is 0 Å². The smallest absolute Gasteiger partial charge is 0.129 e. The van der Waals surface area contributed by atoms with Crippen LogP contribution in [0.1, 0.15) is 16.0 Å². The van der Waals surface area contributed by atoms with E-state index in [4.69, 9.17) is 16.6 Å². The molecule has 0 saturated heterocycles. The van der Waals surface area contributed by atoms with E-state index in [2.05, 4.69) is 34.5 Å². The third-order valence-electron chi connectivity index (χ3n) is 4.06. The van der Waals surface area contributed by atoms with Gasteiger partial charge in [0.2, 0.25) is 0 Å². The Morgan fingerprint density at radius 2 is 2.14 bits per heavy atom. The van der Waals surface area contributed by atoms with Crippen LogP contribution in [0.25, 0.3) is 10.9 Å². The van der Waals surface area contributed by atoms with Crippen molar-refractivity contribution in [1.82, 2.24) is 4.98 Å². The van der Waals surface area contributed by atoms with Gasteiger partial charge in [-0.25, -0.2) is 4.98 Å². The maximum Gasteiger partial charge on any atom is 0.129 e. The monoisotopic (exact) mass is 314 g/mol. The van der Waals surface area contributed by atoms with Crippen molar-refractivity contribution in [3.05, 3.63) is 57.8 Å². The summed E-state index contributed by atoms with van der Waals surface area (Å²) < 4.78 is 0. The number of hydrogen-bond donors (Lipinski definition) is 0. The number of alkyl halides is 1. The molecule has 106 valence electrons. The molecule has 4 rings (SSSR count). The van der Waals surface area contributed by atoms with Gasteiger partial charge >= 0.3 is 0 Å². The highest BCUT2D eigenvalue weighted by Gasteiger charge is 2.19. The number of para-hydroxylation sites is 1. The first-order valence-electron chi connectivity index (χ1n) is 7.10. The Kier molecular flexibility index (Phi) is 3.32. The van der Waals surface area contributed by atoms with Gasteiger partial charge in [-0.1, -0.05) is 18.2 Å². The standard InChI is InChI=1S/C17H15ClN2S/c18-10-13-9-17(19-15-4-2-1-3-14(13)15)20-7-5-16-12(11-20)6-8-21-16/h1-4,6,8-9H,5,7,10-11H2. The van der Waals surface area contributed by atoms with Crippen molar-refractivity contribution in [3.63, 3.8) is 0 Å². The molecule has 1 aromatic carbocycles. The summed E-state index contributed by atoms with van der Waals surface area (Å²) in [7, 11) is 0. The average Bonchev–Trinajstić information content (AvgIpc) is 3.01. The minimum Gasteiger partial charge on any atom is -0.352 e. The Labute approximate surface area is 133 Å². The summed E-state index contributed by atoms with van der Waals surface area (Å²) in [4.78, 5) is 8.71. The molecule has 3 aromatic rings. The number of halogens is 1. The van der Waals surface area contributed by atoms with Crippen LogP contribution in [-0.2, 0) is 18.8 Å². The third kappa shape index (κ3) is 2.30. The third-order valence-corrected chi connectivity index (χ3v) is 5.37. The summed E-state index contributed by atoms with van der Waals surface area (Å²) in [5.74, 6) is 1.56. The maximum absolute atomic E-state index is 6.14. The zero-order chi connectivity index (χ0) is 14.2. The molecule has 21 heavy (non-hydrogen) atoms. The molecule has 2 aromatic heterocycles. The Morgan fingerprint density at radius 3 is 3.05 bits per heavy atom. The lowest BCUT2D eigenvalue weighted by Gasteiger charge is -2.28. The van der Waals surface area contributed by atoms with E-state index in [9.17, 15) is 0 Å². The van der Waals surface area contributed by atoms with Gasteiger partial charge in [0, 0.05) is 29.2 Å². The summed E-state index contributed by atoms with van der Waals surface area (Å²) in [5.41, 5.74) is 3.63. The van der Waals surface area contributed by atoms with Crippen LogP contribution in [0.2, 0.25) is 0 Å². The molecule has 0 spiro atoms. The second-order valence-electron chi connectivity index (χ2n) is 5.33. The highest BCUT2D eigenvalue weighted by Crippen LogP contribution is 2.29. The minimum atomic E-state index is 0.521. The van der Waals surface area contributed by atoms with Crippen LogP contribution in [0.5, 0.6) is 0 Å². The summed E-state index contributed by atoms with van der Waals surface area (Å²) in [6.07, 6.45) is 1.11. The van der Waals surface area contributed by atoms with Crippen molar-refractivity contribution in [2.75, 3.05) is 11.4 Å². The van der Waals surface area contributed by atoms with Gasteiger partial charge in [-0.2, -0.15) is 0 Å². The van der Waals surface area contributed by atoms with Crippen LogP contribution in [-0.4, -0.2) is 11.5 Å². The van der Waals surface area contributed by atoms with Crippen molar-refractivity contribution >= 4 is 39.7 Å². The molecule has 2 nitrogen and oxygen atoms in total. The Morgan fingerprint density at radius 1 is 1.24 bits per heavy atom. The molecule has 0 atom stereocenters. The van der Waals surface area contributed by atoms with Gasteiger partial charge in [0.25, 0.3) is 0 Å². The van der Waals surface area contributed by atoms with Crippen LogP contribution in [0.15, 0.2) is 41.8 Å². The fourth-order valence-electron chi connectivity index (χ4n) is 2.95. The Balaban J connectivity index is 1.77. The van der Waals surface area contributed by atoms with E-state index in [1.54, 1.807) is 0 Å². The predicted octanol–water partition coefficient (Wildman–Crippen LogP) is 4.60. The number of nitrogens with zero attached hydrogens (tertiary/aromatic N) is 2. The molecule has 0 aliphatic carbocycles. The van der Waals surface area contributed by atoms with E-state index in [1.165, 1.54) is 10.4 Å². The lowest BCUT2D eigenvalue weighted by Crippen LogP contribution is -2.30. The normalized spacial score (nSPS) is 14.4. The molecule has 0 unspecified atom stereocenters. The fraction of sp³-hybridized carbons (Fsp3) is 0.235. The first kappa shape index (κ1) is 13.1. The van der Waals surface area contributed by atoms with E-state index >= 15 is 0 Å². The van der Waals surface area contributed by atoms with E-state index in [1.807, 2.05) is 23.5 Å². The lowest BCUT2D eigenvalue weighted by atomic mass is 10.1. The number of aromatic nitrogens is 1. The molecule has 0 bridgehead atoms. The lowest BCUT2D eigenvalue weighted by molar-refractivity contribution is 0.733. The zero-order valence-corrected chi connectivity index (χ0v) is 13.1. The molecule has 1 aliphatic rings. The van der Waals surface area contributed by atoms with Crippen LogP contribution in [0.4, 0.5) is 5.82 Å². The number of thiophene rings is 1. The van der Waals surface area contributed by atoms with Gasteiger partial charge < -0.3 is 4.90 Å². The van der Waals surface area contributed by atoms with Gasteiger partial charge in [0.05, 0.1) is 5.52 Å². The molecule has 3 heterocycles. The number of fused-ring (bicyclic) bond motifs is 2. The molecule has 0 fully saturated rings. The number of hydrogen-bond acceptors (Lipinski definition) is 3. The number of benzene rings is 1. The van der Waals surface area contributed by atoms with Crippen molar-refractivity contribution in [3.8, 4) is 0 Å². The Hall–Kier alpha value is -1.58. The van der Waals surface area contributed by atoms with E-state index in [0.717, 1.165) is 41.8 Å². The SMILES string of the molecule is ClCc1cc(N2CCc3sccc3C2)nc2ccccc12. The van der Waals surface area contributed by atoms with Gasteiger partial charge in [0.15, 0.2) is 0 Å². The molecule has 4 heteroatoms. The quantitative estimate of drug-likeness (QED) is 0.643. The molecule has 0 radical (unpaired) electrons. The van der Waals surface area contributed by atoms with E-state index in [0.29, 0.717) is 5.88 Å². The Bertz CT molecular complexity index is 796. The summed E-state index contributed by atoms with van der Waals surface area (Å²) in [6.45, 7) is 1.98. The number of pyridine rings is 1. The van der Waals surface area contributed by atoms with Crippen molar-refractivity contribution in [1.29, 1.82) is 0 Å². The number of rotatable bonds is 2. The highest BCUT2D eigenvalue weighted by molar-refractivity contribution is 7.10. The van der Waals surface area contributed by atoms with Gasteiger partial charge in [0.1, 0.15) is 5.82 Å². The van der Waals surface area contributed by atoms with Crippen LogP contribution < -0.4 is 4.90 Å². The first-order chi connectivity index (χ1) is 10.3. The van der Waals surface area contributed by atoms with Gasteiger partial charge in [-0.3, -0.25) is 0 Å². The largest absolute Gasteiger partial charge is 0.352 e. The van der Waals surface area contributed by atoms with E-state index in [-0.39, 0.29) is 0 Å². The van der Waals surface area contributed by atoms with Crippen LogP contribution in [0, 0.1) is 0 Å². The molecule has 0 saturated carbocycles. The average molecular weight is 315 g/mol. The molecule has 0 amide bonds. The number of anilines is 1. The summed E-state index contributed by atoms with van der Waals surface area (Å²) >= 11 is 8.00. The molecule has 1 aliphatic heterocycles. The topological polar surface area (TPSA) is 16.1 Å². The molecular weight excluding hydrogens is 300 g/mol. The highest BCUT2D eigenvalue weighted by atomic mass is 35.5. The molecular formula is C17H15ClN2S.